The topological polar surface area (TPSA) is 83.8 Å². The monoisotopic (exact) mass is 224 g/mol. The fourth-order valence-corrected chi connectivity index (χ4v) is 1.13. The summed E-state index contributed by atoms with van der Waals surface area (Å²) in [6, 6.07) is 4.28. The van der Waals surface area contributed by atoms with E-state index >= 15 is 0 Å². The quantitative estimate of drug-likeness (QED) is 0.564. The van der Waals surface area contributed by atoms with Gasteiger partial charge in [0.2, 0.25) is 0 Å². The predicted molar refractivity (Wildman–Crippen MR) is 55.9 cm³/mol. The van der Waals surface area contributed by atoms with Gasteiger partial charge in [-0.05, 0) is 24.6 Å². The van der Waals surface area contributed by atoms with Gasteiger partial charge in [-0.3, -0.25) is 9.59 Å². The van der Waals surface area contributed by atoms with Gasteiger partial charge in [0, 0.05) is 6.42 Å². The molecule has 0 spiro atoms. The molecule has 5 heteroatoms. The van der Waals surface area contributed by atoms with E-state index in [2.05, 4.69) is 0 Å². The van der Waals surface area contributed by atoms with E-state index in [1.54, 1.807) is 0 Å². The van der Waals surface area contributed by atoms with Crippen LogP contribution in [-0.2, 0) is 4.79 Å². The molecule has 0 atom stereocenters. The number of carbonyl (C=O) groups excluding carboxylic acids is 1. The molecular weight excluding hydrogens is 212 g/mol. The van der Waals surface area contributed by atoms with Crippen molar-refractivity contribution in [3.8, 4) is 11.5 Å². The molecule has 0 saturated carbocycles. The van der Waals surface area contributed by atoms with Gasteiger partial charge in [0.25, 0.3) is 0 Å². The van der Waals surface area contributed by atoms with Crippen LogP contribution in [0.1, 0.15) is 23.2 Å². The minimum atomic E-state index is -0.872. The first-order chi connectivity index (χ1) is 7.63. The third kappa shape index (κ3) is 3.61. The molecule has 0 aliphatic carbocycles. The maximum Gasteiger partial charge on any atom is 0.303 e. The lowest BCUT2D eigenvalue weighted by atomic mass is 10.2. The molecule has 0 aromatic heterocycles. The molecule has 0 heterocycles. The van der Waals surface area contributed by atoms with Crippen LogP contribution in [0.3, 0.4) is 0 Å². The Bertz CT molecular complexity index is 386. The molecule has 1 aromatic rings. The van der Waals surface area contributed by atoms with Crippen molar-refractivity contribution in [2.24, 2.45) is 0 Å². The van der Waals surface area contributed by atoms with Crippen LogP contribution in [0.4, 0.5) is 0 Å². The van der Waals surface area contributed by atoms with Crippen LogP contribution in [0, 0.1) is 0 Å². The van der Waals surface area contributed by atoms with Crippen molar-refractivity contribution in [3.05, 3.63) is 23.8 Å². The number of phenols is 1. The van der Waals surface area contributed by atoms with E-state index in [0.29, 0.717) is 18.5 Å². The molecule has 0 amide bonds. The fraction of sp³-hybridized carbons (Fsp3) is 0.273. The Kier molecular flexibility index (Phi) is 4.32. The van der Waals surface area contributed by atoms with Crippen molar-refractivity contribution in [3.63, 3.8) is 0 Å². The predicted octanol–water partition coefficient (Wildman–Crippen LogP) is 1.45. The van der Waals surface area contributed by atoms with E-state index in [9.17, 15) is 14.7 Å². The van der Waals surface area contributed by atoms with E-state index in [0.717, 1.165) is 0 Å². The standard InChI is InChI=1S/C11H12O5/c12-7-8-6-9(3-4-10(8)13)16-5-1-2-11(14)15/h3-4,6-7,13H,1-2,5H2,(H,14,15). The molecule has 0 fully saturated rings. The maximum atomic E-state index is 10.5. The van der Waals surface area contributed by atoms with Crippen molar-refractivity contribution in [2.75, 3.05) is 6.61 Å². The zero-order valence-electron chi connectivity index (χ0n) is 8.55. The summed E-state index contributed by atoms with van der Waals surface area (Å²) in [7, 11) is 0. The second-order valence-electron chi connectivity index (χ2n) is 3.18. The number of benzene rings is 1. The zero-order chi connectivity index (χ0) is 12.0. The van der Waals surface area contributed by atoms with Gasteiger partial charge in [0.05, 0.1) is 12.2 Å². The minimum absolute atomic E-state index is 0.0403. The van der Waals surface area contributed by atoms with E-state index < -0.39 is 5.97 Å². The van der Waals surface area contributed by atoms with Crippen LogP contribution >= 0.6 is 0 Å². The Balaban J connectivity index is 2.48. The van der Waals surface area contributed by atoms with Crippen molar-refractivity contribution in [1.82, 2.24) is 0 Å². The molecule has 0 unspecified atom stereocenters. The van der Waals surface area contributed by atoms with Crippen molar-refractivity contribution in [2.45, 2.75) is 12.8 Å². The lowest BCUT2D eigenvalue weighted by molar-refractivity contribution is -0.137. The van der Waals surface area contributed by atoms with Crippen LogP contribution in [-0.4, -0.2) is 29.1 Å². The second-order valence-corrected chi connectivity index (χ2v) is 3.18. The number of hydrogen-bond acceptors (Lipinski definition) is 4. The molecule has 86 valence electrons. The van der Waals surface area contributed by atoms with Gasteiger partial charge < -0.3 is 14.9 Å². The molecule has 0 bridgehead atoms. The summed E-state index contributed by atoms with van der Waals surface area (Å²) in [6.07, 6.45) is 0.963. The number of carboxylic acid groups (broad SMARTS) is 1. The van der Waals surface area contributed by atoms with Crippen LogP contribution in [0.25, 0.3) is 0 Å². The van der Waals surface area contributed by atoms with E-state index in [1.165, 1.54) is 18.2 Å². The normalized spacial score (nSPS) is 9.75. The average molecular weight is 224 g/mol. The van der Waals surface area contributed by atoms with Gasteiger partial charge in [-0.15, -0.1) is 0 Å². The number of carbonyl (C=O) groups is 2. The van der Waals surface area contributed by atoms with Crippen LogP contribution < -0.4 is 4.74 Å². The molecule has 5 nitrogen and oxygen atoms in total. The third-order valence-corrected chi connectivity index (χ3v) is 1.93. The highest BCUT2D eigenvalue weighted by atomic mass is 16.5. The minimum Gasteiger partial charge on any atom is -0.507 e. The molecule has 0 aliphatic rings. The molecule has 2 N–H and O–H groups in total. The Hall–Kier alpha value is -2.04. The number of aliphatic carboxylic acids is 1. The summed E-state index contributed by atoms with van der Waals surface area (Å²) in [5, 5.41) is 17.6. The first-order valence-corrected chi connectivity index (χ1v) is 4.76. The number of aromatic hydroxyl groups is 1. The highest BCUT2D eigenvalue weighted by molar-refractivity contribution is 5.79. The van der Waals surface area contributed by atoms with Crippen molar-refractivity contribution in [1.29, 1.82) is 0 Å². The smallest absolute Gasteiger partial charge is 0.303 e. The summed E-state index contributed by atoms with van der Waals surface area (Å²) >= 11 is 0. The van der Waals surface area contributed by atoms with Gasteiger partial charge in [0.1, 0.15) is 11.5 Å². The number of carboxylic acids is 1. The largest absolute Gasteiger partial charge is 0.507 e. The van der Waals surface area contributed by atoms with Gasteiger partial charge in [0.15, 0.2) is 6.29 Å². The van der Waals surface area contributed by atoms with Gasteiger partial charge in [-0.25, -0.2) is 0 Å². The molecule has 0 saturated heterocycles. The van der Waals surface area contributed by atoms with E-state index in [1.807, 2.05) is 0 Å². The number of hydrogen-bond donors (Lipinski definition) is 2. The Labute approximate surface area is 92.3 Å². The number of aldehydes is 1. The number of ether oxygens (including phenoxy) is 1. The fourth-order valence-electron chi connectivity index (χ4n) is 1.13. The molecule has 16 heavy (non-hydrogen) atoms. The van der Waals surface area contributed by atoms with Crippen LogP contribution in [0.5, 0.6) is 11.5 Å². The summed E-state index contributed by atoms with van der Waals surface area (Å²) in [5.74, 6) is -0.541. The first kappa shape index (κ1) is 12.0. The lowest BCUT2D eigenvalue weighted by Crippen LogP contribution is -2.02. The summed E-state index contributed by atoms with van der Waals surface area (Å²) in [5.41, 5.74) is 0.149. The number of phenolic OH excluding ortho intramolecular Hbond substituents is 1. The van der Waals surface area contributed by atoms with Gasteiger partial charge in [-0.1, -0.05) is 0 Å². The molecule has 1 rings (SSSR count). The second kappa shape index (κ2) is 5.75. The highest BCUT2D eigenvalue weighted by Crippen LogP contribution is 2.21. The Morgan fingerprint density at radius 1 is 1.44 bits per heavy atom. The van der Waals surface area contributed by atoms with E-state index in [-0.39, 0.29) is 24.3 Å². The average Bonchev–Trinajstić information content (AvgIpc) is 2.26. The van der Waals surface area contributed by atoms with Crippen LogP contribution in [0.15, 0.2) is 18.2 Å². The van der Waals surface area contributed by atoms with Crippen LogP contribution in [0.2, 0.25) is 0 Å². The Morgan fingerprint density at radius 3 is 2.81 bits per heavy atom. The molecule has 0 radical (unpaired) electrons. The number of rotatable bonds is 6. The maximum absolute atomic E-state index is 10.5. The summed E-state index contributed by atoms with van der Waals surface area (Å²) in [6.45, 7) is 0.259. The SMILES string of the molecule is O=Cc1cc(OCCCC(=O)O)ccc1O. The Morgan fingerprint density at radius 2 is 2.19 bits per heavy atom. The first-order valence-electron chi connectivity index (χ1n) is 4.76. The van der Waals surface area contributed by atoms with Crippen molar-refractivity contribution >= 4 is 12.3 Å². The molecular formula is C11H12O5. The molecule has 0 aliphatic heterocycles. The highest BCUT2D eigenvalue weighted by Gasteiger charge is 2.03. The van der Waals surface area contributed by atoms with Gasteiger partial charge >= 0.3 is 5.97 Å². The summed E-state index contributed by atoms with van der Waals surface area (Å²) in [4.78, 5) is 20.7. The zero-order valence-corrected chi connectivity index (χ0v) is 8.55. The third-order valence-electron chi connectivity index (χ3n) is 1.93. The van der Waals surface area contributed by atoms with E-state index in [4.69, 9.17) is 9.84 Å². The van der Waals surface area contributed by atoms with Crippen molar-refractivity contribution < 1.29 is 24.5 Å². The molecule has 1 aromatic carbocycles. The summed E-state index contributed by atoms with van der Waals surface area (Å²) < 4.78 is 5.22. The van der Waals surface area contributed by atoms with Gasteiger partial charge in [-0.2, -0.15) is 0 Å². The lowest BCUT2D eigenvalue weighted by Gasteiger charge is -2.06.